The van der Waals surface area contributed by atoms with E-state index < -0.39 is 0 Å². The van der Waals surface area contributed by atoms with Gasteiger partial charge in [0.05, 0.1) is 41.1 Å². The molecular formula is C25H26N4O4S2. The minimum absolute atomic E-state index is 0.125. The molecule has 0 bridgehead atoms. The second kappa shape index (κ2) is 9.98. The molecule has 2 saturated heterocycles. The van der Waals surface area contributed by atoms with Gasteiger partial charge < -0.3 is 19.0 Å². The second-order valence-corrected chi connectivity index (χ2v) is 10.2. The van der Waals surface area contributed by atoms with E-state index in [-0.39, 0.29) is 24.6 Å². The lowest BCUT2D eigenvalue weighted by molar-refractivity contribution is -0.122. The highest BCUT2D eigenvalue weighted by Gasteiger charge is 2.34. The first-order valence-electron chi connectivity index (χ1n) is 11.5. The molecule has 0 aliphatic carbocycles. The lowest BCUT2D eigenvalue weighted by Crippen LogP contribution is -2.48. The molecule has 35 heavy (non-hydrogen) atoms. The highest BCUT2D eigenvalue weighted by molar-refractivity contribution is 8.26. The van der Waals surface area contributed by atoms with Crippen molar-refractivity contribution < 1.29 is 14.3 Å². The normalized spacial score (nSPS) is 18.4. The number of rotatable bonds is 6. The van der Waals surface area contributed by atoms with Gasteiger partial charge in [0.2, 0.25) is 0 Å². The van der Waals surface area contributed by atoms with Gasteiger partial charge in [-0.15, -0.1) is 0 Å². The number of carbonyl (C=O) groups excluding carboxylic acids is 1. The van der Waals surface area contributed by atoms with Gasteiger partial charge >= 0.3 is 0 Å². The largest absolute Gasteiger partial charge is 0.467 e. The molecule has 8 nitrogen and oxygen atoms in total. The van der Waals surface area contributed by atoms with Crippen LogP contribution in [0.4, 0.5) is 5.69 Å². The summed E-state index contributed by atoms with van der Waals surface area (Å²) in [4.78, 5) is 33.2. The minimum Gasteiger partial charge on any atom is -0.467 e. The van der Waals surface area contributed by atoms with Gasteiger partial charge in [-0.3, -0.25) is 19.4 Å². The number of hydrogen-bond acceptors (Lipinski definition) is 8. The molecule has 1 aromatic carbocycles. The molecule has 5 rings (SSSR count). The molecule has 0 spiro atoms. The number of β-amino-alcohol motifs (C(OH)–C–C–N with tert-alkyl or cyclic N) is 1. The Morgan fingerprint density at radius 1 is 1.11 bits per heavy atom. The van der Waals surface area contributed by atoms with Crippen LogP contribution in [0, 0.1) is 0 Å². The number of aliphatic hydroxyl groups excluding tert-OH is 1. The summed E-state index contributed by atoms with van der Waals surface area (Å²) in [5.41, 5.74) is 2.00. The molecule has 0 unspecified atom stereocenters. The first-order chi connectivity index (χ1) is 17.0. The molecule has 10 heteroatoms. The standard InChI is InChI=1S/C25H26N4O4S2/c1-26-20-7-3-2-6-18(20)22(28-10-8-27(9-11-28)12-13-30)19(23(26)31)15-21-24(32)29(25(34)35-21)16-17-5-4-14-33-17/h2-7,14-15,30H,8-13,16H2,1H3. The fraction of sp³-hybridized carbons (Fsp3) is 0.320. The average molecular weight is 511 g/mol. The highest BCUT2D eigenvalue weighted by atomic mass is 32.2. The molecule has 2 aromatic heterocycles. The van der Waals surface area contributed by atoms with E-state index >= 15 is 0 Å². The number of furan rings is 1. The summed E-state index contributed by atoms with van der Waals surface area (Å²) >= 11 is 6.69. The number of amides is 1. The van der Waals surface area contributed by atoms with Gasteiger partial charge in [-0.25, -0.2) is 0 Å². The van der Waals surface area contributed by atoms with Crippen LogP contribution in [0.5, 0.6) is 0 Å². The maximum absolute atomic E-state index is 13.6. The maximum Gasteiger partial charge on any atom is 0.266 e. The first-order valence-corrected chi connectivity index (χ1v) is 12.7. The molecular weight excluding hydrogens is 484 g/mol. The third-order valence-corrected chi connectivity index (χ3v) is 7.84. The zero-order valence-electron chi connectivity index (χ0n) is 19.3. The monoisotopic (exact) mass is 510 g/mol. The van der Waals surface area contributed by atoms with E-state index in [0.717, 1.165) is 42.8 Å². The SMILES string of the molecule is Cn1c(=O)c(C=C2SC(=S)N(Cc3ccco3)C2=O)c(N2CCN(CCO)CC2)c2ccccc21. The summed E-state index contributed by atoms with van der Waals surface area (Å²) in [5.74, 6) is 0.413. The molecule has 0 radical (unpaired) electrons. The smallest absolute Gasteiger partial charge is 0.266 e. The Morgan fingerprint density at radius 2 is 1.89 bits per heavy atom. The molecule has 4 heterocycles. The number of pyridine rings is 1. The maximum atomic E-state index is 13.6. The molecule has 1 N–H and O–H groups in total. The van der Waals surface area contributed by atoms with Crippen molar-refractivity contribution in [3.05, 3.63) is 69.2 Å². The quantitative estimate of drug-likeness (QED) is 0.401. The summed E-state index contributed by atoms with van der Waals surface area (Å²) in [6, 6.07) is 11.4. The van der Waals surface area contributed by atoms with Gasteiger partial charge in [-0.05, 0) is 24.3 Å². The summed E-state index contributed by atoms with van der Waals surface area (Å²) in [6.07, 6.45) is 3.26. The van der Waals surface area contributed by atoms with Crippen molar-refractivity contribution in [1.82, 2.24) is 14.4 Å². The predicted molar refractivity (Wildman–Crippen MR) is 142 cm³/mol. The summed E-state index contributed by atoms with van der Waals surface area (Å²) in [5, 5.41) is 10.3. The van der Waals surface area contributed by atoms with Crippen molar-refractivity contribution in [2.75, 3.05) is 44.2 Å². The molecule has 2 aliphatic rings. The number of aliphatic hydroxyl groups is 1. The van der Waals surface area contributed by atoms with E-state index in [9.17, 15) is 14.7 Å². The third kappa shape index (κ3) is 4.54. The van der Waals surface area contributed by atoms with Crippen LogP contribution in [-0.4, -0.2) is 69.0 Å². The lowest BCUT2D eigenvalue weighted by atomic mass is 10.1. The van der Waals surface area contributed by atoms with Gasteiger partial charge in [0.15, 0.2) is 0 Å². The zero-order valence-corrected chi connectivity index (χ0v) is 21.0. The Morgan fingerprint density at radius 3 is 2.60 bits per heavy atom. The van der Waals surface area contributed by atoms with Crippen LogP contribution in [0.3, 0.4) is 0 Å². The Balaban J connectivity index is 1.57. The van der Waals surface area contributed by atoms with Crippen LogP contribution in [0.1, 0.15) is 11.3 Å². The van der Waals surface area contributed by atoms with Crippen molar-refractivity contribution in [2.24, 2.45) is 7.05 Å². The van der Waals surface area contributed by atoms with Crippen molar-refractivity contribution in [2.45, 2.75) is 6.54 Å². The Labute approximate surface area is 212 Å². The second-order valence-electron chi connectivity index (χ2n) is 8.54. The summed E-state index contributed by atoms with van der Waals surface area (Å²) in [7, 11) is 1.76. The topological polar surface area (TPSA) is 82.2 Å². The number of hydrogen-bond donors (Lipinski definition) is 1. The van der Waals surface area contributed by atoms with Crippen LogP contribution >= 0.6 is 24.0 Å². The fourth-order valence-electron chi connectivity index (χ4n) is 4.64. The van der Waals surface area contributed by atoms with E-state index in [0.29, 0.717) is 27.1 Å². The Hall–Kier alpha value is -2.92. The van der Waals surface area contributed by atoms with Crippen molar-refractivity contribution in [3.8, 4) is 0 Å². The van der Waals surface area contributed by atoms with E-state index in [4.69, 9.17) is 16.6 Å². The van der Waals surface area contributed by atoms with Crippen LogP contribution in [-0.2, 0) is 18.4 Å². The van der Waals surface area contributed by atoms with E-state index in [1.165, 1.54) is 16.7 Å². The van der Waals surface area contributed by atoms with Gasteiger partial charge in [0.1, 0.15) is 10.1 Å². The van der Waals surface area contributed by atoms with E-state index in [2.05, 4.69) is 9.80 Å². The molecule has 0 saturated carbocycles. The highest BCUT2D eigenvalue weighted by Crippen LogP contribution is 2.37. The van der Waals surface area contributed by atoms with Gasteiger partial charge in [-0.2, -0.15) is 0 Å². The van der Waals surface area contributed by atoms with Crippen molar-refractivity contribution >= 4 is 56.9 Å². The molecule has 1 amide bonds. The number of anilines is 1. The van der Waals surface area contributed by atoms with E-state index in [1.54, 1.807) is 36.1 Å². The van der Waals surface area contributed by atoms with E-state index in [1.807, 2.05) is 24.3 Å². The molecule has 2 fully saturated rings. The lowest BCUT2D eigenvalue weighted by Gasteiger charge is -2.37. The first kappa shape index (κ1) is 23.8. The van der Waals surface area contributed by atoms with Crippen molar-refractivity contribution in [3.63, 3.8) is 0 Å². The average Bonchev–Trinajstić information content (AvgIpc) is 3.47. The third-order valence-electron chi connectivity index (χ3n) is 6.46. The van der Waals surface area contributed by atoms with Crippen LogP contribution in [0.25, 0.3) is 17.0 Å². The summed E-state index contributed by atoms with van der Waals surface area (Å²) < 4.78 is 7.47. The molecule has 2 aliphatic heterocycles. The number of thiocarbonyl (C=S) groups is 1. The van der Waals surface area contributed by atoms with Gasteiger partial charge in [0, 0.05) is 45.2 Å². The van der Waals surface area contributed by atoms with Crippen molar-refractivity contribution in [1.29, 1.82) is 0 Å². The number of para-hydroxylation sites is 1. The van der Waals surface area contributed by atoms with Crippen LogP contribution in [0.15, 0.2) is 56.8 Å². The molecule has 182 valence electrons. The van der Waals surface area contributed by atoms with Crippen LogP contribution in [0.2, 0.25) is 0 Å². The summed E-state index contributed by atoms with van der Waals surface area (Å²) in [6.45, 7) is 4.03. The predicted octanol–water partition coefficient (Wildman–Crippen LogP) is 2.65. The number of thioether (sulfide) groups is 1. The van der Waals surface area contributed by atoms with Gasteiger partial charge in [0.25, 0.3) is 11.5 Å². The zero-order chi connectivity index (χ0) is 24.5. The minimum atomic E-state index is -0.231. The number of piperazine rings is 1. The van der Waals surface area contributed by atoms with Gasteiger partial charge in [-0.1, -0.05) is 42.2 Å². The number of carbonyl (C=O) groups is 1. The molecule has 0 atom stereocenters. The Bertz CT molecular complexity index is 1360. The van der Waals surface area contributed by atoms with Crippen LogP contribution < -0.4 is 10.5 Å². The number of benzene rings is 1. The number of aromatic nitrogens is 1. The Kier molecular flexibility index (Phi) is 6.79. The number of nitrogens with zero attached hydrogens (tertiary/aromatic N) is 4. The number of fused-ring (bicyclic) bond motifs is 1. The number of aryl methyl sites for hydroxylation is 1. The fourth-order valence-corrected chi connectivity index (χ4v) is 5.87. The molecule has 3 aromatic rings.